The summed E-state index contributed by atoms with van der Waals surface area (Å²) in [7, 11) is -3.66. The Kier molecular flexibility index (Phi) is 3.86. The Bertz CT molecular complexity index is 713. The third-order valence-corrected chi connectivity index (χ3v) is 7.17. The summed E-state index contributed by atoms with van der Waals surface area (Å²) >= 11 is 3.32. The monoisotopic (exact) mass is 387 g/mol. The van der Waals surface area contributed by atoms with E-state index in [0.717, 1.165) is 18.4 Å². The van der Waals surface area contributed by atoms with Crippen molar-refractivity contribution in [3.63, 3.8) is 0 Å². The van der Waals surface area contributed by atoms with Crippen LogP contribution in [-0.4, -0.2) is 36.9 Å². The highest BCUT2D eigenvalue weighted by Gasteiger charge is 2.57. The van der Waals surface area contributed by atoms with Gasteiger partial charge in [-0.15, -0.1) is 0 Å². The molecule has 2 atom stereocenters. The second-order valence-electron chi connectivity index (χ2n) is 6.31. The lowest BCUT2D eigenvalue weighted by atomic mass is 9.81. The number of rotatable bonds is 3. The highest BCUT2D eigenvalue weighted by atomic mass is 79.9. The molecule has 1 aliphatic heterocycles. The molecule has 0 amide bonds. The van der Waals surface area contributed by atoms with Crippen molar-refractivity contribution in [3.05, 3.63) is 28.2 Å². The van der Waals surface area contributed by atoms with Crippen LogP contribution in [0.1, 0.15) is 24.8 Å². The predicted octanol–water partition coefficient (Wildman–Crippen LogP) is 2.63. The van der Waals surface area contributed by atoms with Crippen LogP contribution >= 0.6 is 15.9 Å². The molecule has 1 aromatic carbocycles. The largest absolute Gasteiger partial charge is 0.481 e. The van der Waals surface area contributed by atoms with Crippen molar-refractivity contribution < 1.29 is 18.3 Å². The van der Waals surface area contributed by atoms with E-state index in [1.807, 2.05) is 13.0 Å². The molecule has 1 aromatic rings. The first-order chi connectivity index (χ1) is 10.3. The summed E-state index contributed by atoms with van der Waals surface area (Å²) in [6, 6.07) is 5.04. The zero-order valence-electron chi connectivity index (χ0n) is 12.3. The third kappa shape index (κ3) is 2.39. The number of carbonyl (C=O) groups is 1. The molecule has 1 heterocycles. The first kappa shape index (κ1) is 16.0. The van der Waals surface area contributed by atoms with Crippen molar-refractivity contribution in [2.24, 2.45) is 11.3 Å². The fourth-order valence-electron chi connectivity index (χ4n) is 3.78. The highest BCUT2D eigenvalue weighted by molar-refractivity contribution is 9.10. The molecule has 1 saturated heterocycles. The molecular formula is C15H18BrNO4S. The van der Waals surface area contributed by atoms with Gasteiger partial charge in [-0.3, -0.25) is 4.79 Å². The third-order valence-electron chi connectivity index (χ3n) is 4.92. The van der Waals surface area contributed by atoms with Crippen LogP contribution < -0.4 is 0 Å². The van der Waals surface area contributed by atoms with Gasteiger partial charge in [0, 0.05) is 17.6 Å². The average molecular weight is 388 g/mol. The van der Waals surface area contributed by atoms with Crippen LogP contribution in [0.5, 0.6) is 0 Å². The molecule has 1 N–H and O–H groups in total. The number of hydrogen-bond acceptors (Lipinski definition) is 3. The molecular weight excluding hydrogens is 370 g/mol. The predicted molar refractivity (Wildman–Crippen MR) is 85.0 cm³/mol. The number of sulfonamides is 1. The molecule has 2 fully saturated rings. The van der Waals surface area contributed by atoms with Crippen LogP contribution in [0.15, 0.2) is 27.6 Å². The van der Waals surface area contributed by atoms with E-state index in [-0.39, 0.29) is 17.4 Å². The van der Waals surface area contributed by atoms with Gasteiger partial charge in [0.05, 0.1) is 10.3 Å². The molecule has 1 saturated carbocycles. The van der Waals surface area contributed by atoms with Gasteiger partial charge in [-0.05, 0) is 49.4 Å². The maximum Gasteiger partial charge on any atom is 0.311 e. The fraction of sp³-hybridized carbons (Fsp3) is 0.533. The lowest BCUT2D eigenvalue weighted by Gasteiger charge is -2.23. The summed E-state index contributed by atoms with van der Waals surface area (Å²) < 4.78 is 27.8. The van der Waals surface area contributed by atoms with Crippen LogP contribution in [0.25, 0.3) is 0 Å². The Hall–Kier alpha value is -0.920. The maximum absolute atomic E-state index is 12.8. The van der Waals surface area contributed by atoms with Gasteiger partial charge in [-0.25, -0.2) is 8.42 Å². The normalized spacial score (nSPS) is 28.7. The summed E-state index contributed by atoms with van der Waals surface area (Å²) in [4.78, 5) is 11.9. The van der Waals surface area contributed by atoms with Crippen molar-refractivity contribution in [2.45, 2.75) is 31.1 Å². The lowest BCUT2D eigenvalue weighted by Crippen LogP contribution is -2.37. The molecule has 0 unspecified atom stereocenters. The summed E-state index contributed by atoms with van der Waals surface area (Å²) in [5.74, 6) is -0.939. The second kappa shape index (κ2) is 5.32. The van der Waals surface area contributed by atoms with Gasteiger partial charge in [-0.1, -0.05) is 22.4 Å². The van der Waals surface area contributed by atoms with Crippen molar-refractivity contribution in [3.8, 4) is 0 Å². The number of halogens is 1. The molecule has 0 bridgehead atoms. The van der Waals surface area contributed by atoms with Gasteiger partial charge in [0.2, 0.25) is 10.0 Å². The van der Waals surface area contributed by atoms with Gasteiger partial charge in [0.1, 0.15) is 0 Å². The Morgan fingerprint density at radius 1 is 1.41 bits per heavy atom. The average Bonchev–Trinajstić information content (AvgIpc) is 2.94. The highest BCUT2D eigenvalue weighted by Crippen LogP contribution is 2.50. The van der Waals surface area contributed by atoms with Gasteiger partial charge >= 0.3 is 5.97 Å². The minimum atomic E-state index is -3.66. The molecule has 120 valence electrons. The van der Waals surface area contributed by atoms with Crippen molar-refractivity contribution in [1.82, 2.24) is 4.31 Å². The van der Waals surface area contributed by atoms with Crippen LogP contribution in [0, 0.1) is 18.3 Å². The molecule has 3 rings (SSSR count). The summed E-state index contributed by atoms with van der Waals surface area (Å²) in [5.41, 5.74) is -0.0472. The van der Waals surface area contributed by atoms with Gasteiger partial charge in [0.15, 0.2) is 0 Å². The first-order valence-corrected chi connectivity index (χ1v) is 9.50. The molecule has 22 heavy (non-hydrogen) atoms. The number of fused-ring (bicyclic) bond motifs is 1. The topological polar surface area (TPSA) is 74.7 Å². The van der Waals surface area contributed by atoms with Crippen molar-refractivity contribution >= 4 is 31.9 Å². The van der Waals surface area contributed by atoms with Crippen molar-refractivity contribution in [2.75, 3.05) is 13.1 Å². The Morgan fingerprint density at radius 2 is 2.14 bits per heavy atom. The van der Waals surface area contributed by atoms with Crippen LogP contribution in [0.2, 0.25) is 0 Å². The van der Waals surface area contributed by atoms with E-state index < -0.39 is 21.4 Å². The SMILES string of the molecule is Cc1cc(Br)cc(S(=O)(=O)N2C[C@@H]3CCC[C@@]3(C(=O)O)C2)c1. The number of carboxylic acids is 1. The van der Waals surface area contributed by atoms with E-state index in [2.05, 4.69) is 15.9 Å². The van der Waals surface area contributed by atoms with Crippen LogP contribution in [0.3, 0.4) is 0 Å². The Balaban J connectivity index is 1.96. The van der Waals surface area contributed by atoms with E-state index in [1.54, 1.807) is 12.1 Å². The molecule has 7 heteroatoms. The number of carboxylic acid groups (broad SMARTS) is 1. The minimum absolute atomic E-state index is 0.0759. The maximum atomic E-state index is 12.8. The quantitative estimate of drug-likeness (QED) is 0.864. The smallest absolute Gasteiger partial charge is 0.311 e. The molecule has 0 aromatic heterocycles. The van der Waals surface area contributed by atoms with Crippen LogP contribution in [-0.2, 0) is 14.8 Å². The molecule has 0 radical (unpaired) electrons. The zero-order valence-corrected chi connectivity index (χ0v) is 14.7. The Morgan fingerprint density at radius 3 is 2.73 bits per heavy atom. The van der Waals surface area contributed by atoms with E-state index in [4.69, 9.17) is 0 Å². The van der Waals surface area contributed by atoms with E-state index in [9.17, 15) is 18.3 Å². The van der Waals surface area contributed by atoms with E-state index >= 15 is 0 Å². The van der Waals surface area contributed by atoms with E-state index in [1.165, 1.54) is 4.31 Å². The molecule has 1 aliphatic carbocycles. The molecule has 2 aliphatic rings. The van der Waals surface area contributed by atoms with E-state index in [0.29, 0.717) is 17.4 Å². The molecule has 5 nitrogen and oxygen atoms in total. The zero-order chi connectivity index (χ0) is 16.1. The summed E-state index contributed by atoms with van der Waals surface area (Å²) in [6.07, 6.45) is 2.22. The summed E-state index contributed by atoms with van der Waals surface area (Å²) in [6.45, 7) is 2.22. The number of hydrogen-bond donors (Lipinski definition) is 1. The van der Waals surface area contributed by atoms with Crippen LogP contribution in [0.4, 0.5) is 0 Å². The fourth-order valence-corrected chi connectivity index (χ4v) is 6.22. The molecule has 0 spiro atoms. The van der Waals surface area contributed by atoms with Gasteiger partial charge in [0.25, 0.3) is 0 Å². The first-order valence-electron chi connectivity index (χ1n) is 7.26. The number of aliphatic carboxylic acids is 1. The minimum Gasteiger partial charge on any atom is -0.481 e. The number of aryl methyl sites for hydroxylation is 1. The van der Waals surface area contributed by atoms with Crippen molar-refractivity contribution in [1.29, 1.82) is 0 Å². The second-order valence-corrected chi connectivity index (χ2v) is 9.17. The van der Waals surface area contributed by atoms with Gasteiger partial charge in [-0.2, -0.15) is 4.31 Å². The number of nitrogens with zero attached hydrogens (tertiary/aromatic N) is 1. The summed E-state index contributed by atoms with van der Waals surface area (Å²) in [5, 5.41) is 9.59. The number of benzene rings is 1. The lowest BCUT2D eigenvalue weighted by molar-refractivity contribution is -0.149. The standard InChI is InChI=1S/C15H18BrNO4S/c1-10-5-12(16)7-13(6-10)22(20,21)17-8-11-3-2-4-15(11,9-17)14(18)19/h5-7,11H,2-4,8-9H2,1H3,(H,18,19)/t11-,15+/m0/s1. The Labute approximate surface area is 138 Å². The van der Waals surface area contributed by atoms with Gasteiger partial charge < -0.3 is 5.11 Å².